The second-order valence-electron chi connectivity index (χ2n) is 3.25. The average molecular weight is 219 g/mol. The van der Waals surface area contributed by atoms with Crippen LogP contribution in [0.3, 0.4) is 0 Å². The summed E-state index contributed by atoms with van der Waals surface area (Å²) < 4.78 is 1.80. The molecule has 0 bridgehead atoms. The van der Waals surface area contributed by atoms with Crippen molar-refractivity contribution in [3.05, 3.63) is 28.7 Å². The Bertz CT molecular complexity index is 410. The van der Waals surface area contributed by atoms with E-state index in [1.165, 1.54) is 0 Å². The Kier molecular flexibility index (Phi) is 4.86. The second kappa shape index (κ2) is 6.45. The monoisotopic (exact) mass is 219 g/mol. The number of hydrogen-bond donors (Lipinski definition) is 1. The maximum absolute atomic E-state index is 8.99. The summed E-state index contributed by atoms with van der Waals surface area (Å²) in [5.41, 5.74) is 8.91. The van der Waals surface area contributed by atoms with Gasteiger partial charge in [-0.25, -0.2) is 4.98 Å². The quantitative estimate of drug-likeness (QED) is 0.337. The molecule has 16 heavy (non-hydrogen) atoms. The minimum absolute atomic E-state index is 0.376. The molecule has 0 aliphatic carbocycles. The van der Waals surface area contributed by atoms with E-state index in [-0.39, 0.29) is 6.04 Å². The Morgan fingerprint density at radius 3 is 3.19 bits per heavy atom. The van der Waals surface area contributed by atoms with Crippen LogP contribution in [0.4, 0.5) is 0 Å². The third kappa shape index (κ3) is 3.28. The molecular formula is C9H13N7. The summed E-state index contributed by atoms with van der Waals surface area (Å²) in [7, 11) is 1.84. The van der Waals surface area contributed by atoms with Gasteiger partial charge in [-0.15, -0.1) is 0 Å². The van der Waals surface area contributed by atoms with Crippen molar-refractivity contribution in [2.45, 2.75) is 12.5 Å². The van der Waals surface area contributed by atoms with Gasteiger partial charge in [0, 0.05) is 18.5 Å². The van der Waals surface area contributed by atoms with Crippen molar-refractivity contribution < 1.29 is 0 Å². The molecule has 0 aliphatic heterocycles. The topological polar surface area (TPSA) is 102 Å². The summed E-state index contributed by atoms with van der Waals surface area (Å²) >= 11 is 0. The van der Waals surface area contributed by atoms with E-state index >= 15 is 0 Å². The van der Waals surface area contributed by atoms with Crippen LogP contribution < -0.4 is 5.32 Å². The zero-order valence-electron chi connectivity index (χ0n) is 9.04. The third-order valence-electron chi connectivity index (χ3n) is 2.13. The molecule has 84 valence electrons. The average Bonchev–Trinajstić information content (AvgIpc) is 2.70. The van der Waals surface area contributed by atoms with Crippen LogP contribution in [-0.4, -0.2) is 22.6 Å². The van der Waals surface area contributed by atoms with Crippen LogP contribution in [0.1, 0.15) is 18.2 Å². The van der Waals surface area contributed by atoms with Crippen LogP contribution in [-0.2, 0) is 7.05 Å². The van der Waals surface area contributed by atoms with E-state index in [1.807, 2.05) is 7.05 Å². The number of aromatic nitrogens is 2. The smallest absolute Gasteiger partial charge is 0.138 e. The van der Waals surface area contributed by atoms with Gasteiger partial charge in [0.1, 0.15) is 6.04 Å². The Morgan fingerprint density at radius 1 is 1.81 bits per heavy atom. The second-order valence-corrected chi connectivity index (χ2v) is 3.25. The summed E-state index contributed by atoms with van der Waals surface area (Å²) in [5.74, 6) is 0. The summed E-state index contributed by atoms with van der Waals surface area (Å²) in [6, 6.07) is 1.78. The minimum Gasteiger partial charge on any atom is -0.335 e. The molecule has 1 atom stereocenters. The Labute approximate surface area is 93.3 Å². The van der Waals surface area contributed by atoms with Crippen LogP contribution in [0, 0.1) is 11.3 Å². The normalized spacial score (nSPS) is 11.5. The van der Waals surface area contributed by atoms with E-state index in [2.05, 4.69) is 26.4 Å². The van der Waals surface area contributed by atoms with E-state index < -0.39 is 0 Å². The fraction of sp³-hybridized carbons (Fsp3) is 0.556. The zero-order chi connectivity index (χ0) is 11.8. The highest BCUT2D eigenvalue weighted by Crippen LogP contribution is 2.09. The molecule has 0 spiro atoms. The van der Waals surface area contributed by atoms with E-state index in [0.717, 1.165) is 5.69 Å². The van der Waals surface area contributed by atoms with Crippen LogP contribution in [0.15, 0.2) is 17.6 Å². The number of hydrogen-bond acceptors (Lipinski definition) is 4. The largest absolute Gasteiger partial charge is 0.335 e. The number of aryl methyl sites for hydroxylation is 1. The molecule has 1 rings (SSSR count). The zero-order valence-corrected chi connectivity index (χ0v) is 9.04. The molecule has 0 saturated heterocycles. The number of azide groups is 1. The first kappa shape index (κ1) is 12.0. The third-order valence-corrected chi connectivity index (χ3v) is 2.13. The first-order chi connectivity index (χ1) is 7.79. The first-order valence-corrected chi connectivity index (χ1v) is 4.89. The van der Waals surface area contributed by atoms with Crippen LogP contribution in [0.2, 0.25) is 0 Å². The molecule has 1 aromatic rings. The molecule has 1 unspecified atom stereocenters. The fourth-order valence-electron chi connectivity index (χ4n) is 1.30. The van der Waals surface area contributed by atoms with E-state index in [0.29, 0.717) is 19.5 Å². The van der Waals surface area contributed by atoms with Crippen LogP contribution in [0.5, 0.6) is 0 Å². The van der Waals surface area contributed by atoms with Crippen molar-refractivity contribution in [1.29, 1.82) is 5.26 Å². The maximum atomic E-state index is 8.99. The molecule has 0 saturated carbocycles. The van der Waals surface area contributed by atoms with Crippen molar-refractivity contribution in [2.75, 3.05) is 13.1 Å². The first-order valence-electron chi connectivity index (χ1n) is 4.89. The highest BCUT2D eigenvalue weighted by atomic mass is 15.1. The molecule has 0 aliphatic rings. The molecule has 1 heterocycles. The lowest BCUT2D eigenvalue weighted by atomic mass is 10.2. The highest BCUT2D eigenvalue weighted by molar-refractivity contribution is 5.13. The Morgan fingerprint density at radius 2 is 2.62 bits per heavy atom. The SMILES string of the molecule is Cn1cncc1C(C#N)NCCCN=[N+]=[N-]. The molecule has 0 radical (unpaired) electrons. The lowest BCUT2D eigenvalue weighted by Crippen LogP contribution is -2.23. The molecule has 0 fully saturated rings. The predicted octanol–water partition coefficient (Wildman–Crippen LogP) is 1.27. The summed E-state index contributed by atoms with van der Waals surface area (Å²) in [6.07, 6.45) is 4.02. The van der Waals surface area contributed by atoms with E-state index in [1.54, 1.807) is 17.1 Å². The standard InChI is InChI=1S/C9H13N7/c1-16-7-12-6-9(16)8(5-10)13-3-2-4-14-15-11/h6-8,13H,2-4H2,1H3. The van der Waals surface area contributed by atoms with Gasteiger partial charge in [-0.3, -0.25) is 5.32 Å². The van der Waals surface area contributed by atoms with Gasteiger partial charge in [-0.1, -0.05) is 5.11 Å². The summed E-state index contributed by atoms with van der Waals surface area (Å²) in [6.45, 7) is 1.06. The predicted molar refractivity (Wildman–Crippen MR) is 58.2 cm³/mol. The summed E-state index contributed by atoms with van der Waals surface area (Å²) in [5, 5.41) is 15.5. The number of nitrogens with zero attached hydrogens (tertiary/aromatic N) is 6. The lowest BCUT2D eigenvalue weighted by Gasteiger charge is -2.11. The molecule has 0 aromatic carbocycles. The highest BCUT2D eigenvalue weighted by Gasteiger charge is 2.12. The van der Waals surface area contributed by atoms with Gasteiger partial charge in [0.2, 0.25) is 0 Å². The van der Waals surface area contributed by atoms with Gasteiger partial charge in [-0.2, -0.15) is 5.26 Å². The van der Waals surface area contributed by atoms with E-state index in [9.17, 15) is 0 Å². The van der Waals surface area contributed by atoms with Gasteiger partial charge < -0.3 is 4.57 Å². The van der Waals surface area contributed by atoms with Crippen molar-refractivity contribution in [2.24, 2.45) is 12.2 Å². The minimum atomic E-state index is -0.376. The van der Waals surface area contributed by atoms with Crippen LogP contribution in [0.25, 0.3) is 10.4 Å². The molecule has 1 aromatic heterocycles. The van der Waals surface area contributed by atoms with Crippen molar-refractivity contribution in [3.8, 4) is 6.07 Å². The van der Waals surface area contributed by atoms with Crippen molar-refractivity contribution in [1.82, 2.24) is 14.9 Å². The molecule has 7 heteroatoms. The number of imidazole rings is 1. The van der Waals surface area contributed by atoms with Gasteiger partial charge in [0.05, 0.1) is 24.3 Å². The van der Waals surface area contributed by atoms with Crippen molar-refractivity contribution >= 4 is 0 Å². The van der Waals surface area contributed by atoms with E-state index in [4.69, 9.17) is 10.8 Å². The van der Waals surface area contributed by atoms with Crippen molar-refractivity contribution in [3.63, 3.8) is 0 Å². The van der Waals surface area contributed by atoms with Gasteiger partial charge >= 0.3 is 0 Å². The number of nitrogens with one attached hydrogen (secondary N) is 1. The number of nitriles is 1. The number of rotatable bonds is 6. The van der Waals surface area contributed by atoms with Gasteiger partial charge in [0.25, 0.3) is 0 Å². The van der Waals surface area contributed by atoms with Gasteiger partial charge in [0.15, 0.2) is 0 Å². The summed E-state index contributed by atoms with van der Waals surface area (Å²) in [4.78, 5) is 6.61. The van der Waals surface area contributed by atoms with Crippen LogP contribution >= 0.6 is 0 Å². The maximum Gasteiger partial charge on any atom is 0.138 e. The fourth-order valence-corrected chi connectivity index (χ4v) is 1.30. The molecule has 0 amide bonds. The lowest BCUT2D eigenvalue weighted by molar-refractivity contribution is 0.581. The molecular weight excluding hydrogens is 206 g/mol. The Hall–Kier alpha value is -2.03. The molecule has 7 nitrogen and oxygen atoms in total. The van der Waals surface area contributed by atoms with Gasteiger partial charge in [-0.05, 0) is 18.5 Å². The Balaban J connectivity index is 2.42. The molecule has 1 N–H and O–H groups in total.